The number of hydrogen-bond acceptors (Lipinski definition) is 6. The van der Waals surface area contributed by atoms with Gasteiger partial charge in [-0.05, 0) is 35.4 Å². The number of carbonyl (C=O) groups excluding carboxylic acids is 2. The average Bonchev–Trinajstić information content (AvgIpc) is 3.33. The third-order valence-electron chi connectivity index (χ3n) is 4.59. The molecule has 2 aliphatic heterocycles. The second-order valence-electron chi connectivity index (χ2n) is 6.44. The summed E-state index contributed by atoms with van der Waals surface area (Å²) in [6.45, 7) is 0.659. The molecular formula is C20H17N3O5. The predicted molar refractivity (Wildman–Crippen MR) is 96.2 cm³/mol. The van der Waals surface area contributed by atoms with Gasteiger partial charge in [0, 0.05) is 6.54 Å². The van der Waals surface area contributed by atoms with Crippen molar-refractivity contribution in [1.82, 2.24) is 10.2 Å². The van der Waals surface area contributed by atoms with Crippen LogP contribution in [0.1, 0.15) is 16.7 Å². The van der Waals surface area contributed by atoms with Crippen molar-refractivity contribution in [1.29, 1.82) is 5.26 Å². The van der Waals surface area contributed by atoms with Crippen LogP contribution in [0, 0.1) is 11.3 Å². The van der Waals surface area contributed by atoms with Gasteiger partial charge in [0.1, 0.15) is 12.6 Å². The molecule has 0 aromatic heterocycles. The zero-order valence-corrected chi connectivity index (χ0v) is 14.9. The van der Waals surface area contributed by atoms with E-state index in [4.69, 9.17) is 19.5 Å². The van der Waals surface area contributed by atoms with Gasteiger partial charge in [0.2, 0.25) is 12.7 Å². The van der Waals surface area contributed by atoms with E-state index in [-0.39, 0.29) is 32.4 Å². The van der Waals surface area contributed by atoms with Crippen molar-refractivity contribution < 1.29 is 23.8 Å². The Morgan fingerprint density at radius 1 is 1.14 bits per heavy atom. The number of carbonyl (C=O) groups is 2. The largest absolute Gasteiger partial charge is 0.454 e. The van der Waals surface area contributed by atoms with Crippen LogP contribution in [0.4, 0.5) is 4.79 Å². The van der Waals surface area contributed by atoms with Crippen molar-refractivity contribution in [2.45, 2.75) is 19.1 Å². The lowest BCUT2D eigenvalue weighted by Crippen LogP contribution is -2.45. The molecule has 2 aliphatic rings. The number of cyclic esters (lactones) is 1. The second-order valence-corrected chi connectivity index (χ2v) is 6.44. The number of amides is 2. The van der Waals surface area contributed by atoms with Gasteiger partial charge in [-0.2, -0.15) is 5.26 Å². The highest BCUT2D eigenvalue weighted by Gasteiger charge is 2.37. The van der Waals surface area contributed by atoms with Crippen LogP contribution < -0.4 is 14.8 Å². The number of ether oxygens (including phenoxy) is 3. The molecule has 28 heavy (non-hydrogen) atoms. The summed E-state index contributed by atoms with van der Waals surface area (Å²) in [7, 11) is 0. The molecule has 0 bridgehead atoms. The highest BCUT2D eigenvalue weighted by atomic mass is 16.7. The van der Waals surface area contributed by atoms with Crippen LogP contribution in [0.25, 0.3) is 0 Å². The smallest absolute Gasteiger partial charge is 0.410 e. The van der Waals surface area contributed by atoms with E-state index >= 15 is 0 Å². The molecule has 4 rings (SSSR count). The van der Waals surface area contributed by atoms with Crippen LogP contribution in [-0.2, 0) is 22.6 Å². The van der Waals surface area contributed by atoms with E-state index in [1.54, 1.807) is 30.3 Å². The molecule has 2 heterocycles. The van der Waals surface area contributed by atoms with E-state index in [0.29, 0.717) is 17.1 Å². The molecule has 0 radical (unpaired) electrons. The monoisotopic (exact) mass is 379 g/mol. The van der Waals surface area contributed by atoms with Crippen LogP contribution in [-0.4, -0.2) is 36.3 Å². The molecule has 0 spiro atoms. The minimum Gasteiger partial charge on any atom is -0.454 e. The fraction of sp³-hybridized carbons (Fsp3) is 0.250. The first-order valence-corrected chi connectivity index (χ1v) is 8.73. The molecule has 2 amide bonds. The molecule has 1 atom stereocenters. The van der Waals surface area contributed by atoms with Gasteiger partial charge >= 0.3 is 6.09 Å². The maximum absolute atomic E-state index is 12.6. The Kier molecular flexibility index (Phi) is 4.72. The standard InChI is InChI=1S/C20H17N3O5/c21-8-13-2-1-3-15(6-13)10-23-16(11-26-20(23)25)19(24)22-9-14-4-5-17-18(7-14)28-12-27-17/h1-7,16H,9-12H2,(H,22,24)/t16-/m0/s1. The first kappa shape index (κ1) is 17.7. The van der Waals surface area contributed by atoms with Gasteiger partial charge in [-0.1, -0.05) is 18.2 Å². The third kappa shape index (κ3) is 3.55. The summed E-state index contributed by atoms with van der Waals surface area (Å²) < 4.78 is 15.7. The van der Waals surface area contributed by atoms with Crippen molar-refractivity contribution in [2.24, 2.45) is 0 Å². The zero-order chi connectivity index (χ0) is 19.5. The fourth-order valence-electron chi connectivity index (χ4n) is 3.14. The minimum atomic E-state index is -0.729. The third-order valence-corrected chi connectivity index (χ3v) is 4.59. The number of fused-ring (bicyclic) bond motifs is 1. The summed E-state index contributed by atoms with van der Waals surface area (Å²) in [4.78, 5) is 26.1. The fourth-order valence-corrected chi connectivity index (χ4v) is 3.14. The van der Waals surface area contributed by atoms with Crippen molar-refractivity contribution in [3.8, 4) is 17.6 Å². The summed E-state index contributed by atoms with van der Waals surface area (Å²) in [5, 5.41) is 11.8. The predicted octanol–water partition coefficient (Wildman–Crippen LogP) is 1.92. The Morgan fingerprint density at radius 2 is 2.00 bits per heavy atom. The molecule has 0 saturated carbocycles. The minimum absolute atomic E-state index is 0.0102. The Hall–Kier alpha value is -3.73. The molecule has 142 valence electrons. The average molecular weight is 379 g/mol. The molecule has 1 fully saturated rings. The molecule has 2 aromatic carbocycles. The van der Waals surface area contributed by atoms with Crippen molar-refractivity contribution in [2.75, 3.05) is 13.4 Å². The zero-order valence-electron chi connectivity index (χ0n) is 14.9. The van der Waals surface area contributed by atoms with Gasteiger partial charge in [0.15, 0.2) is 11.5 Å². The van der Waals surface area contributed by atoms with Crippen molar-refractivity contribution in [3.05, 3.63) is 59.2 Å². The van der Waals surface area contributed by atoms with E-state index in [1.165, 1.54) is 4.90 Å². The number of nitriles is 1. The molecule has 1 saturated heterocycles. The molecule has 2 aromatic rings. The molecule has 8 heteroatoms. The van der Waals surface area contributed by atoms with Crippen LogP contribution in [0.3, 0.4) is 0 Å². The lowest BCUT2D eigenvalue weighted by Gasteiger charge is -2.21. The maximum Gasteiger partial charge on any atom is 0.410 e. The lowest BCUT2D eigenvalue weighted by atomic mass is 10.1. The highest BCUT2D eigenvalue weighted by Crippen LogP contribution is 2.32. The number of nitrogens with one attached hydrogen (secondary N) is 1. The first-order chi connectivity index (χ1) is 13.6. The number of benzene rings is 2. The Labute approximate surface area is 161 Å². The Bertz CT molecular complexity index is 969. The van der Waals surface area contributed by atoms with Gasteiger partial charge in [-0.15, -0.1) is 0 Å². The number of hydrogen-bond donors (Lipinski definition) is 1. The quantitative estimate of drug-likeness (QED) is 0.852. The van der Waals surface area contributed by atoms with E-state index in [1.807, 2.05) is 12.1 Å². The van der Waals surface area contributed by atoms with Gasteiger partial charge in [0.25, 0.3) is 0 Å². The summed E-state index contributed by atoms with van der Waals surface area (Å²) in [5.74, 6) is 1.01. The van der Waals surface area contributed by atoms with Gasteiger partial charge in [-0.25, -0.2) is 4.79 Å². The normalized spacial score (nSPS) is 17.2. The van der Waals surface area contributed by atoms with Gasteiger partial charge < -0.3 is 19.5 Å². The van der Waals surface area contributed by atoms with Gasteiger partial charge in [-0.3, -0.25) is 9.69 Å². The van der Waals surface area contributed by atoms with E-state index in [9.17, 15) is 9.59 Å². The molecule has 1 N–H and O–H groups in total. The summed E-state index contributed by atoms with van der Waals surface area (Å²) in [6.07, 6.45) is -0.550. The SMILES string of the molecule is N#Cc1cccc(CN2C(=O)OC[C@H]2C(=O)NCc2ccc3c(c2)OCO3)c1. The van der Waals surface area contributed by atoms with Crippen LogP contribution >= 0.6 is 0 Å². The van der Waals surface area contributed by atoms with E-state index in [0.717, 1.165) is 11.1 Å². The van der Waals surface area contributed by atoms with E-state index in [2.05, 4.69) is 11.4 Å². The Balaban J connectivity index is 1.41. The Morgan fingerprint density at radius 3 is 2.86 bits per heavy atom. The van der Waals surface area contributed by atoms with Crippen LogP contribution in [0.15, 0.2) is 42.5 Å². The summed E-state index contributed by atoms with van der Waals surface area (Å²) >= 11 is 0. The number of nitrogens with zero attached hydrogens (tertiary/aromatic N) is 2. The molecule has 0 unspecified atom stereocenters. The highest BCUT2D eigenvalue weighted by molar-refractivity contribution is 5.87. The summed E-state index contributed by atoms with van der Waals surface area (Å²) in [5.41, 5.74) is 2.11. The molecule has 8 nitrogen and oxygen atoms in total. The first-order valence-electron chi connectivity index (χ1n) is 8.73. The second kappa shape index (κ2) is 7.48. The van der Waals surface area contributed by atoms with Gasteiger partial charge in [0.05, 0.1) is 18.2 Å². The van der Waals surface area contributed by atoms with E-state index < -0.39 is 12.1 Å². The maximum atomic E-state index is 12.6. The van der Waals surface area contributed by atoms with Crippen LogP contribution in [0.5, 0.6) is 11.5 Å². The molecular weight excluding hydrogens is 362 g/mol. The van der Waals surface area contributed by atoms with Crippen molar-refractivity contribution >= 4 is 12.0 Å². The van der Waals surface area contributed by atoms with Crippen LogP contribution in [0.2, 0.25) is 0 Å². The summed E-state index contributed by atoms with van der Waals surface area (Å²) in [6, 6.07) is 13.7. The molecule has 0 aliphatic carbocycles. The van der Waals surface area contributed by atoms with Crippen molar-refractivity contribution in [3.63, 3.8) is 0 Å². The lowest BCUT2D eigenvalue weighted by molar-refractivity contribution is -0.125. The number of rotatable bonds is 5. The topological polar surface area (TPSA) is 101 Å².